The molecule has 1 aromatic heterocycles. The van der Waals surface area contributed by atoms with Gasteiger partial charge < -0.3 is 10.3 Å². The molecule has 2 N–H and O–H groups in total. The molecule has 0 fully saturated rings. The van der Waals surface area contributed by atoms with Crippen molar-refractivity contribution in [3.63, 3.8) is 0 Å². The number of hydrogen-bond donors (Lipinski definition) is 1. The number of sulfone groups is 1. The van der Waals surface area contributed by atoms with Crippen molar-refractivity contribution in [3.05, 3.63) is 71.5 Å². The summed E-state index contributed by atoms with van der Waals surface area (Å²) in [7, 11) is -5.82. The van der Waals surface area contributed by atoms with Crippen LogP contribution in [-0.4, -0.2) is 43.4 Å². The standard InChI is InChI=1S/C22H24N3O5PS/c1-15-4-8-17(9-5-15)19-13-24-22(23)21(25-19)20(26)12-16-6-10-18(11-7-16)32(28,29)14-31(3,27)30-2/h4-11,13H,12,14H2,1-3H3,(H2,23,24)/t31-/m1/s1. The predicted octanol–water partition coefficient (Wildman–Crippen LogP) is 3.75. The van der Waals surface area contributed by atoms with Crippen LogP contribution in [0.15, 0.2) is 59.6 Å². The van der Waals surface area contributed by atoms with Gasteiger partial charge >= 0.3 is 0 Å². The number of Topliss-reactive ketones (excluding diaryl/α,β-unsaturated/α-hetero) is 1. The van der Waals surface area contributed by atoms with Crippen molar-refractivity contribution in [2.75, 3.05) is 25.0 Å². The molecule has 0 aliphatic carbocycles. The maximum absolute atomic E-state index is 12.8. The Morgan fingerprint density at radius 2 is 1.72 bits per heavy atom. The normalized spacial score (nSPS) is 13.5. The van der Waals surface area contributed by atoms with Crippen LogP contribution in [-0.2, 0) is 25.3 Å². The molecule has 8 nitrogen and oxygen atoms in total. The van der Waals surface area contributed by atoms with Crippen LogP contribution in [0, 0.1) is 6.92 Å². The Morgan fingerprint density at radius 1 is 1.09 bits per heavy atom. The van der Waals surface area contributed by atoms with Crippen LogP contribution >= 0.6 is 7.37 Å². The second-order valence-electron chi connectivity index (χ2n) is 7.54. The molecular formula is C22H24N3O5PS. The molecule has 3 aromatic rings. The van der Waals surface area contributed by atoms with E-state index in [1.165, 1.54) is 44.2 Å². The third kappa shape index (κ3) is 5.68. The molecule has 1 atom stereocenters. The summed E-state index contributed by atoms with van der Waals surface area (Å²) in [5.41, 5.74) is 8.39. The molecule has 32 heavy (non-hydrogen) atoms. The smallest absolute Gasteiger partial charge is 0.214 e. The number of nitrogens with two attached hydrogens (primary N) is 1. The van der Waals surface area contributed by atoms with Crippen molar-refractivity contribution in [1.82, 2.24) is 9.97 Å². The number of nitrogens with zero attached hydrogens (tertiary/aromatic N) is 2. The zero-order valence-corrected chi connectivity index (χ0v) is 19.7. The lowest BCUT2D eigenvalue weighted by atomic mass is 10.1. The number of nitrogen functional groups attached to an aromatic ring is 1. The number of ketones is 1. The third-order valence-electron chi connectivity index (χ3n) is 4.85. The molecule has 0 unspecified atom stereocenters. The van der Waals surface area contributed by atoms with Crippen molar-refractivity contribution >= 4 is 28.8 Å². The monoisotopic (exact) mass is 473 g/mol. The Hall–Kier alpha value is -2.87. The fourth-order valence-corrected chi connectivity index (χ4v) is 7.03. The number of aromatic nitrogens is 2. The summed E-state index contributed by atoms with van der Waals surface area (Å²) >= 11 is 0. The molecule has 0 amide bonds. The molecule has 0 saturated carbocycles. The number of aryl methyl sites for hydroxylation is 1. The molecule has 0 aliphatic heterocycles. The van der Waals surface area contributed by atoms with Crippen LogP contribution < -0.4 is 5.73 Å². The van der Waals surface area contributed by atoms with E-state index in [1.54, 1.807) is 0 Å². The zero-order chi connectivity index (χ0) is 23.5. The van der Waals surface area contributed by atoms with Gasteiger partial charge in [-0.15, -0.1) is 0 Å². The summed E-state index contributed by atoms with van der Waals surface area (Å²) in [6.07, 6.45) is 1.49. The van der Waals surface area contributed by atoms with E-state index in [2.05, 4.69) is 9.97 Å². The van der Waals surface area contributed by atoms with E-state index in [0.29, 0.717) is 11.3 Å². The van der Waals surface area contributed by atoms with Crippen LogP contribution in [0.25, 0.3) is 11.3 Å². The maximum atomic E-state index is 12.8. The molecule has 0 bridgehead atoms. The van der Waals surface area contributed by atoms with Crippen molar-refractivity contribution < 1.29 is 22.3 Å². The summed E-state index contributed by atoms with van der Waals surface area (Å²) in [6, 6.07) is 13.5. The van der Waals surface area contributed by atoms with Gasteiger partial charge in [0, 0.05) is 25.8 Å². The Morgan fingerprint density at radius 3 is 2.31 bits per heavy atom. The van der Waals surface area contributed by atoms with Crippen LogP contribution in [0.4, 0.5) is 5.82 Å². The molecule has 10 heteroatoms. The second-order valence-corrected chi connectivity index (χ2v) is 12.7. The van der Waals surface area contributed by atoms with Crippen molar-refractivity contribution in [3.8, 4) is 11.3 Å². The fourth-order valence-electron chi connectivity index (χ4n) is 2.99. The van der Waals surface area contributed by atoms with E-state index in [-0.39, 0.29) is 28.6 Å². The number of anilines is 1. The first kappa shape index (κ1) is 23.8. The SMILES string of the molecule is CO[P@@](C)(=O)CS(=O)(=O)c1ccc(CC(=O)c2nc(-c3ccc(C)cc3)cnc2N)cc1. The average molecular weight is 473 g/mol. The molecule has 168 valence electrons. The summed E-state index contributed by atoms with van der Waals surface area (Å²) in [4.78, 5) is 21.3. The van der Waals surface area contributed by atoms with Crippen LogP contribution in [0.3, 0.4) is 0 Å². The van der Waals surface area contributed by atoms with Gasteiger partial charge in [0.2, 0.25) is 7.37 Å². The average Bonchev–Trinajstić information content (AvgIpc) is 2.74. The van der Waals surface area contributed by atoms with Gasteiger partial charge in [-0.2, -0.15) is 0 Å². The molecule has 0 spiro atoms. The highest BCUT2D eigenvalue weighted by molar-refractivity contribution is 7.98. The van der Waals surface area contributed by atoms with E-state index in [9.17, 15) is 17.8 Å². The van der Waals surface area contributed by atoms with E-state index < -0.39 is 22.7 Å². The van der Waals surface area contributed by atoms with Crippen molar-refractivity contribution in [1.29, 1.82) is 0 Å². The molecule has 2 aromatic carbocycles. The zero-order valence-electron chi connectivity index (χ0n) is 18.0. The predicted molar refractivity (Wildman–Crippen MR) is 124 cm³/mol. The molecule has 0 saturated heterocycles. The minimum atomic E-state index is -3.79. The van der Waals surface area contributed by atoms with Crippen molar-refractivity contribution in [2.24, 2.45) is 0 Å². The van der Waals surface area contributed by atoms with Crippen LogP contribution in [0.1, 0.15) is 21.6 Å². The number of benzene rings is 2. The van der Waals surface area contributed by atoms with Crippen molar-refractivity contribution in [2.45, 2.75) is 18.2 Å². The molecule has 0 radical (unpaired) electrons. The Labute approximate surface area is 187 Å². The number of rotatable bonds is 8. The van der Waals surface area contributed by atoms with E-state index in [1.807, 2.05) is 31.2 Å². The van der Waals surface area contributed by atoms with Crippen LogP contribution in [0.5, 0.6) is 0 Å². The van der Waals surface area contributed by atoms with E-state index in [0.717, 1.165) is 11.1 Å². The largest absolute Gasteiger partial charge is 0.382 e. The van der Waals surface area contributed by atoms with Gasteiger partial charge in [0.25, 0.3) is 0 Å². The van der Waals surface area contributed by atoms with Gasteiger partial charge in [-0.1, -0.05) is 42.0 Å². The Balaban J connectivity index is 1.80. The fraction of sp³-hybridized carbons (Fsp3) is 0.227. The molecule has 3 rings (SSSR count). The summed E-state index contributed by atoms with van der Waals surface area (Å²) < 4.78 is 41.7. The first-order valence-corrected chi connectivity index (χ1v) is 13.6. The number of carbonyl (C=O) groups is 1. The third-order valence-corrected chi connectivity index (χ3v) is 9.85. The van der Waals surface area contributed by atoms with Crippen LogP contribution in [0.2, 0.25) is 0 Å². The van der Waals surface area contributed by atoms with Gasteiger partial charge in [-0.25, -0.2) is 18.4 Å². The van der Waals surface area contributed by atoms with E-state index in [4.69, 9.17) is 10.3 Å². The first-order valence-electron chi connectivity index (χ1n) is 9.67. The van der Waals surface area contributed by atoms with Gasteiger partial charge in [-0.05, 0) is 24.6 Å². The van der Waals surface area contributed by atoms with Gasteiger partial charge in [0.15, 0.2) is 21.4 Å². The second kappa shape index (κ2) is 9.32. The number of carbonyl (C=O) groups excluding carboxylic acids is 1. The quantitative estimate of drug-likeness (QED) is 0.387. The maximum Gasteiger partial charge on any atom is 0.214 e. The highest BCUT2D eigenvalue weighted by Gasteiger charge is 2.26. The lowest BCUT2D eigenvalue weighted by Gasteiger charge is -2.11. The Bertz CT molecular complexity index is 1290. The lowest BCUT2D eigenvalue weighted by Crippen LogP contribution is -2.12. The van der Waals surface area contributed by atoms with E-state index >= 15 is 0 Å². The summed E-state index contributed by atoms with van der Waals surface area (Å²) in [5, 5.41) is 0. The van der Waals surface area contributed by atoms with Gasteiger partial charge in [0.1, 0.15) is 11.2 Å². The topological polar surface area (TPSA) is 129 Å². The molecule has 1 heterocycles. The molecule has 0 aliphatic rings. The lowest BCUT2D eigenvalue weighted by molar-refractivity contribution is 0.0989. The Kier molecular flexibility index (Phi) is 6.93. The molecular weight excluding hydrogens is 449 g/mol. The highest BCUT2D eigenvalue weighted by atomic mass is 32.2. The van der Waals surface area contributed by atoms with Gasteiger partial charge in [0.05, 0.1) is 16.8 Å². The summed E-state index contributed by atoms with van der Waals surface area (Å²) in [5.74, 6) is -0.305. The first-order chi connectivity index (χ1) is 15.0. The highest BCUT2D eigenvalue weighted by Crippen LogP contribution is 2.44. The minimum absolute atomic E-state index is 0.00787. The van der Waals surface area contributed by atoms with Gasteiger partial charge in [-0.3, -0.25) is 9.36 Å². The minimum Gasteiger partial charge on any atom is -0.382 e. The number of hydrogen-bond acceptors (Lipinski definition) is 8. The summed E-state index contributed by atoms with van der Waals surface area (Å²) in [6.45, 7) is 3.25.